The highest BCUT2D eigenvalue weighted by Gasteiger charge is 2.34. The monoisotopic (exact) mass is 414 g/mol. The summed E-state index contributed by atoms with van der Waals surface area (Å²) in [6.45, 7) is 7.08. The number of hydrogen-bond acceptors (Lipinski definition) is 4. The quantitative estimate of drug-likeness (QED) is 0.616. The minimum atomic E-state index is -1.11. The molecule has 152 valence electrons. The van der Waals surface area contributed by atoms with Gasteiger partial charge in [0.2, 0.25) is 0 Å². The first-order valence-corrected chi connectivity index (χ1v) is 9.49. The standard InChI is InChI=1S/C21H23ClN4O3/c1-12(26(20(28)29)21(2,3)4)18-24-16-10-6-9-15(22)17(16)19(27)25(18)14-8-5-7-13(23)11-14/h5-12H,23H2,1-4H3,(H,28,29). The van der Waals surface area contributed by atoms with Gasteiger partial charge in [0.25, 0.3) is 5.56 Å². The first-order valence-electron chi connectivity index (χ1n) is 9.11. The Morgan fingerprint density at radius 3 is 2.48 bits per heavy atom. The number of benzene rings is 2. The topological polar surface area (TPSA) is 101 Å². The van der Waals surface area contributed by atoms with Crippen molar-refractivity contribution >= 4 is 34.3 Å². The van der Waals surface area contributed by atoms with Crippen LogP contribution in [0.3, 0.4) is 0 Å². The minimum absolute atomic E-state index is 0.269. The summed E-state index contributed by atoms with van der Waals surface area (Å²) in [6, 6.07) is 11.1. The smallest absolute Gasteiger partial charge is 0.408 e. The Bertz CT molecular complexity index is 1150. The van der Waals surface area contributed by atoms with Gasteiger partial charge in [-0.2, -0.15) is 0 Å². The van der Waals surface area contributed by atoms with Gasteiger partial charge in [-0.3, -0.25) is 14.3 Å². The highest BCUT2D eigenvalue weighted by atomic mass is 35.5. The number of nitrogens with zero attached hydrogens (tertiary/aromatic N) is 3. The number of hydrogen-bond donors (Lipinski definition) is 2. The molecule has 0 aliphatic heterocycles. The van der Waals surface area contributed by atoms with Gasteiger partial charge in [-0.15, -0.1) is 0 Å². The molecular weight excluding hydrogens is 392 g/mol. The van der Waals surface area contributed by atoms with Crippen LogP contribution in [0.15, 0.2) is 47.3 Å². The average Bonchev–Trinajstić information content (AvgIpc) is 2.59. The number of rotatable bonds is 3. The number of carbonyl (C=O) groups is 1. The van der Waals surface area contributed by atoms with E-state index < -0.39 is 17.7 Å². The van der Waals surface area contributed by atoms with Crippen LogP contribution in [0.4, 0.5) is 10.5 Å². The second-order valence-corrected chi connectivity index (χ2v) is 8.25. The van der Waals surface area contributed by atoms with Gasteiger partial charge < -0.3 is 10.8 Å². The van der Waals surface area contributed by atoms with Crippen molar-refractivity contribution in [2.75, 3.05) is 5.73 Å². The summed E-state index contributed by atoms with van der Waals surface area (Å²) < 4.78 is 1.39. The fraction of sp³-hybridized carbons (Fsp3) is 0.286. The number of anilines is 1. The first-order chi connectivity index (χ1) is 13.5. The van der Waals surface area contributed by atoms with Crippen molar-refractivity contribution in [3.8, 4) is 5.69 Å². The molecule has 1 heterocycles. The van der Waals surface area contributed by atoms with Crippen LogP contribution in [0.25, 0.3) is 16.6 Å². The fourth-order valence-corrected chi connectivity index (χ4v) is 3.80. The maximum Gasteiger partial charge on any atom is 0.408 e. The van der Waals surface area contributed by atoms with Crippen LogP contribution < -0.4 is 11.3 Å². The average molecular weight is 415 g/mol. The Morgan fingerprint density at radius 2 is 1.90 bits per heavy atom. The van der Waals surface area contributed by atoms with Crippen molar-refractivity contribution in [3.05, 3.63) is 63.7 Å². The largest absolute Gasteiger partial charge is 0.465 e. The van der Waals surface area contributed by atoms with E-state index in [0.29, 0.717) is 16.9 Å². The van der Waals surface area contributed by atoms with E-state index in [9.17, 15) is 14.7 Å². The lowest BCUT2D eigenvalue weighted by Crippen LogP contribution is -2.47. The van der Waals surface area contributed by atoms with Crippen LogP contribution >= 0.6 is 11.6 Å². The van der Waals surface area contributed by atoms with Crippen molar-refractivity contribution in [2.45, 2.75) is 39.3 Å². The number of fused-ring (bicyclic) bond motifs is 1. The van der Waals surface area contributed by atoms with Gasteiger partial charge in [0.1, 0.15) is 5.82 Å². The Hall–Kier alpha value is -3.06. The van der Waals surface area contributed by atoms with Gasteiger partial charge >= 0.3 is 6.09 Å². The Balaban J connectivity index is 2.41. The predicted octanol–water partition coefficient (Wildman–Crippen LogP) is 4.46. The third-order valence-electron chi connectivity index (χ3n) is 4.69. The summed E-state index contributed by atoms with van der Waals surface area (Å²) in [5, 5.41) is 10.4. The van der Waals surface area contributed by atoms with Crippen molar-refractivity contribution < 1.29 is 9.90 Å². The highest BCUT2D eigenvalue weighted by Crippen LogP contribution is 2.30. The maximum absolute atomic E-state index is 13.5. The number of nitrogens with two attached hydrogens (primary N) is 1. The lowest BCUT2D eigenvalue weighted by atomic mass is 10.0. The lowest BCUT2D eigenvalue weighted by Gasteiger charge is -2.38. The summed E-state index contributed by atoms with van der Waals surface area (Å²) in [6.07, 6.45) is -1.11. The van der Waals surface area contributed by atoms with Gasteiger partial charge in [-0.25, -0.2) is 9.78 Å². The lowest BCUT2D eigenvalue weighted by molar-refractivity contribution is 0.0719. The van der Waals surface area contributed by atoms with Crippen LogP contribution in [-0.2, 0) is 0 Å². The molecule has 8 heteroatoms. The molecule has 3 rings (SSSR count). The molecule has 0 spiro atoms. The highest BCUT2D eigenvalue weighted by molar-refractivity contribution is 6.35. The molecule has 1 aromatic heterocycles. The molecule has 0 aliphatic rings. The van der Waals surface area contributed by atoms with E-state index in [2.05, 4.69) is 4.98 Å². The second-order valence-electron chi connectivity index (χ2n) is 7.84. The molecule has 3 N–H and O–H groups in total. The molecule has 1 atom stereocenters. The van der Waals surface area contributed by atoms with Crippen LogP contribution in [0.2, 0.25) is 5.02 Å². The van der Waals surface area contributed by atoms with E-state index in [4.69, 9.17) is 17.3 Å². The Labute approximate surface area is 173 Å². The molecule has 0 fully saturated rings. The summed E-state index contributed by atoms with van der Waals surface area (Å²) >= 11 is 6.29. The van der Waals surface area contributed by atoms with Crippen LogP contribution in [0, 0.1) is 0 Å². The summed E-state index contributed by atoms with van der Waals surface area (Å²) in [5.74, 6) is 0.285. The number of amides is 1. The van der Waals surface area contributed by atoms with Gasteiger partial charge in [-0.1, -0.05) is 23.7 Å². The number of nitrogen functional groups attached to an aromatic ring is 1. The molecule has 2 aromatic carbocycles. The van der Waals surface area contributed by atoms with Crippen molar-refractivity contribution in [1.82, 2.24) is 14.5 Å². The normalized spacial score (nSPS) is 12.7. The molecule has 29 heavy (non-hydrogen) atoms. The maximum atomic E-state index is 13.5. The zero-order valence-corrected chi connectivity index (χ0v) is 17.4. The van der Waals surface area contributed by atoms with Gasteiger partial charge in [-0.05, 0) is 58.0 Å². The van der Waals surface area contributed by atoms with E-state index in [1.807, 2.05) is 0 Å². The van der Waals surface area contributed by atoms with E-state index in [1.54, 1.807) is 70.2 Å². The van der Waals surface area contributed by atoms with Crippen molar-refractivity contribution in [1.29, 1.82) is 0 Å². The zero-order chi connectivity index (χ0) is 21.5. The molecule has 0 saturated heterocycles. The Morgan fingerprint density at radius 1 is 1.24 bits per heavy atom. The summed E-state index contributed by atoms with van der Waals surface area (Å²) in [4.78, 5) is 31.4. The molecule has 7 nitrogen and oxygen atoms in total. The minimum Gasteiger partial charge on any atom is -0.465 e. The van der Waals surface area contributed by atoms with Crippen LogP contribution in [-0.4, -0.2) is 31.2 Å². The molecule has 0 bridgehead atoms. The SMILES string of the molecule is CC(c1nc2cccc(Cl)c2c(=O)n1-c1cccc(N)c1)N(C(=O)O)C(C)(C)C. The van der Waals surface area contributed by atoms with Crippen LogP contribution in [0.5, 0.6) is 0 Å². The molecule has 0 aliphatic carbocycles. The van der Waals surface area contributed by atoms with Crippen molar-refractivity contribution in [2.24, 2.45) is 0 Å². The molecule has 1 amide bonds. The van der Waals surface area contributed by atoms with E-state index >= 15 is 0 Å². The van der Waals surface area contributed by atoms with Gasteiger partial charge in [0.15, 0.2) is 0 Å². The summed E-state index contributed by atoms with van der Waals surface area (Å²) in [5.41, 5.74) is 6.20. The summed E-state index contributed by atoms with van der Waals surface area (Å²) in [7, 11) is 0. The number of carboxylic acid groups (broad SMARTS) is 1. The zero-order valence-electron chi connectivity index (χ0n) is 16.7. The molecule has 3 aromatic rings. The van der Waals surface area contributed by atoms with Crippen molar-refractivity contribution in [3.63, 3.8) is 0 Å². The van der Waals surface area contributed by atoms with Gasteiger partial charge in [0.05, 0.1) is 27.7 Å². The molecular formula is C21H23ClN4O3. The van der Waals surface area contributed by atoms with E-state index in [1.165, 1.54) is 9.47 Å². The number of halogens is 1. The molecule has 0 radical (unpaired) electrons. The second kappa shape index (κ2) is 7.40. The fourth-order valence-electron chi connectivity index (χ4n) is 3.55. The first kappa shape index (κ1) is 20.7. The van der Waals surface area contributed by atoms with E-state index in [0.717, 1.165) is 0 Å². The third kappa shape index (κ3) is 3.78. The van der Waals surface area contributed by atoms with Gasteiger partial charge in [0, 0.05) is 11.2 Å². The third-order valence-corrected chi connectivity index (χ3v) is 5.01. The Kier molecular flexibility index (Phi) is 5.28. The molecule has 1 unspecified atom stereocenters. The van der Waals surface area contributed by atoms with E-state index in [-0.39, 0.29) is 21.8 Å². The predicted molar refractivity (Wildman–Crippen MR) is 115 cm³/mol. The van der Waals surface area contributed by atoms with Crippen LogP contribution in [0.1, 0.15) is 39.6 Å². The number of aromatic nitrogens is 2. The molecule has 0 saturated carbocycles.